The van der Waals surface area contributed by atoms with E-state index in [4.69, 9.17) is 0 Å². The van der Waals surface area contributed by atoms with Crippen molar-refractivity contribution in [1.82, 2.24) is 41.5 Å². The van der Waals surface area contributed by atoms with E-state index in [-0.39, 0.29) is 31.7 Å². The largest absolute Gasteiger partial charge is 0.481 e. The molecule has 2 fully saturated rings. The molecule has 0 bridgehead atoms. The van der Waals surface area contributed by atoms with E-state index in [1.54, 1.807) is 13.8 Å². The minimum atomic E-state index is -1.82. The third-order valence-electron chi connectivity index (χ3n) is 7.86. The molecular weight excluding hydrogens is 636 g/mol. The molecule has 3 heterocycles. The molecule has 0 unspecified atom stereocenters. The average molecular weight is 679 g/mol. The van der Waals surface area contributed by atoms with Crippen molar-refractivity contribution in [2.45, 2.75) is 102 Å². The summed E-state index contributed by atoms with van der Waals surface area (Å²) in [4.78, 5) is 112. The van der Waals surface area contributed by atoms with E-state index in [2.05, 4.69) is 36.6 Å². The van der Waals surface area contributed by atoms with Gasteiger partial charge in [-0.25, -0.2) is 4.98 Å². The van der Waals surface area contributed by atoms with Crippen LogP contribution in [0.2, 0.25) is 0 Å². The fourth-order valence-corrected chi connectivity index (χ4v) is 5.52. The Balaban J connectivity index is 2.09. The van der Waals surface area contributed by atoms with Crippen molar-refractivity contribution in [1.29, 1.82) is 0 Å². The minimum Gasteiger partial charge on any atom is -0.481 e. The summed E-state index contributed by atoms with van der Waals surface area (Å²) in [5.41, 5.74) is 0.442. The molecule has 0 aliphatic carbocycles. The molecule has 48 heavy (non-hydrogen) atoms. The van der Waals surface area contributed by atoms with E-state index in [9.17, 15) is 53.7 Å². The van der Waals surface area contributed by atoms with Gasteiger partial charge in [0.15, 0.2) is 0 Å². The van der Waals surface area contributed by atoms with Crippen molar-refractivity contribution in [3.05, 3.63) is 18.2 Å². The average Bonchev–Trinajstić information content (AvgIpc) is 3.69. The second kappa shape index (κ2) is 16.7. The number of aromatic nitrogens is 2. The molecule has 264 valence electrons. The van der Waals surface area contributed by atoms with Crippen LogP contribution in [0.15, 0.2) is 12.5 Å². The van der Waals surface area contributed by atoms with Crippen LogP contribution in [0.25, 0.3) is 0 Å². The maximum atomic E-state index is 13.7. The SMILES string of the molecule is CC(C)C[C@@H]1NC(=O)[C@H](Cc2cnc[nH]2)NC(=O)[C@H]2CCCN2C(=O)[C@H](CC(=O)O)NC(=O)[C@H]([C@@H](C)O)NC(=O)[C@H](CC(=O)O)NC1=O. The molecule has 3 rings (SSSR count). The number of fused-ring (bicyclic) bond motifs is 1. The molecule has 2 aliphatic rings. The van der Waals surface area contributed by atoms with Gasteiger partial charge < -0.3 is 51.8 Å². The molecule has 19 nitrogen and oxygen atoms in total. The number of aliphatic hydroxyl groups excluding tert-OH is 1. The van der Waals surface area contributed by atoms with Crippen LogP contribution in [0.3, 0.4) is 0 Å². The van der Waals surface area contributed by atoms with E-state index in [1.165, 1.54) is 12.5 Å². The van der Waals surface area contributed by atoms with Crippen molar-refractivity contribution in [3.63, 3.8) is 0 Å². The Morgan fingerprint density at radius 3 is 1.96 bits per heavy atom. The Kier molecular flexibility index (Phi) is 13.0. The van der Waals surface area contributed by atoms with Gasteiger partial charge in [0.05, 0.1) is 25.3 Å². The number of carbonyl (C=O) groups is 8. The van der Waals surface area contributed by atoms with Gasteiger partial charge >= 0.3 is 11.9 Å². The van der Waals surface area contributed by atoms with E-state index in [1.807, 2.05) is 0 Å². The first-order chi connectivity index (χ1) is 22.6. The molecular formula is C29H42N8O11. The van der Waals surface area contributed by atoms with Gasteiger partial charge in [-0.2, -0.15) is 0 Å². The number of hydrogen-bond donors (Lipinski definition) is 9. The van der Waals surface area contributed by atoms with Gasteiger partial charge in [0.1, 0.15) is 36.3 Å². The highest BCUT2D eigenvalue weighted by atomic mass is 16.4. The number of imidazole rings is 1. The van der Waals surface area contributed by atoms with Crippen LogP contribution < -0.4 is 26.6 Å². The summed E-state index contributed by atoms with van der Waals surface area (Å²) in [6.45, 7) is 4.64. The fraction of sp³-hybridized carbons (Fsp3) is 0.621. The lowest BCUT2D eigenvalue weighted by molar-refractivity contribution is -0.147. The monoisotopic (exact) mass is 678 g/mol. The van der Waals surface area contributed by atoms with Crippen molar-refractivity contribution in [3.8, 4) is 0 Å². The Hall–Kier alpha value is -5.07. The van der Waals surface area contributed by atoms with Gasteiger partial charge in [-0.1, -0.05) is 13.8 Å². The zero-order valence-corrected chi connectivity index (χ0v) is 26.7. The molecule has 0 radical (unpaired) electrons. The lowest BCUT2D eigenvalue weighted by Gasteiger charge is -2.31. The third kappa shape index (κ3) is 10.2. The van der Waals surface area contributed by atoms with Crippen LogP contribution in [0.1, 0.15) is 58.6 Å². The van der Waals surface area contributed by atoms with E-state index in [0.29, 0.717) is 12.1 Å². The number of nitrogens with one attached hydrogen (secondary N) is 6. The molecule has 0 aromatic carbocycles. The predicted molar refractivity (Wildman–Crippen MR) is 162 cm³/mol. The lowest BCUT2D eigenvalue weighted by Crippen LogP contribution is -2.63. The Morgan fingerprint density at radius 2 is 1.38 bits per heavy atom. The molecule has 9 N–H and O–H groups in total. The minimum absolute atomic E-state index is 0.0182. The van der Waals surface area contributed by atoms with E-state index < -0.39 is 103 Å². The van der Waals surface area contributed by atoms with Gasteiger partial charge in [0.2, 0.25) is 35.4 Å². The molecule has 1 aromatic heterocycles. The zero-order valence-electron chi connectivity index (χ0n) is 26.7. The Bertz CT molecular complexity index is 1380. The number of H-pyrrole nitrogens is 1. The van der Waals surface area contributed by atoms with E-state index in [0.717, 1.165) is 11.8 Å². The van der Waals surface area contributed by atoms with Gasteiger partial charge in [-0.3, -0.25) is 38.4 Å². The number of hydrogen-bond acceptors (Lipinski definition) is 10. The summed E-state index contributed by atoms with van der Waals surface area (Å²) in [5, 5.41) is 41.2. The van der Waals surface area contributed by atoms with Crippen LogP contribution in [0, 0.1) is 5.92 Å². The van der Waals surface area contributed by atoms with Crippen molar-refractivity contribution in [2.24, 2.45) is 5.92 Å². The molecule has 6 amide bonds. The van der Waals surface area contributed by atoms with Crippen LogP contribution in [-0.4, -0.2) is 126 Å². The Morgan fingerprint density at radius 1 is 0.812 bits per heavy atom. The lowest BCUT2D eigenvalue weighted by atomic mass is 10.0. The third-order valence-corrected chi connectivity index (χ3v) is 7.86. The molecule has 7 atom stereocenters. The fourth-order valence-electron chi connectivity index (χ4n) is 5.52. The number of aliphatic carboxylic acids is 2. The van der Waals surface area contributed by atoms with Crippen LogP contribution in [0.5, 0.6) is 0 Å². The summed E-state index contributed by atoms with van der Waals surface area (Å²) in [5.74, 6) is -8.95. The molecule has 1 aromatic rings. The molecule has 2 saturated heterocycles. The number of rotatable bonds is 9. The molecule has 2 aliphatic heterocycles. The smallest absolute Gasteiger partial charge is 0.305 e. The first-order valence-electron chi connectivity index (χ1n) is 15.5. The number of amides is 6. The normalized spacial score (nSPS) is 27.1. The van der Waals surface area contributed by atoms with Gasteiger partial charge in [-0.05, 0) is 32.1 Å². The molecule has 0 saturated carbocycles. The van der Waals surface area contributed by atoms with Crippen LogP contribution >= 0.6 is 0 Å². The van der Waals surface area contributed by atoms with Gasteiger partial charge in [-0.15, -0.1) is 0 Å². The Labute approximate surface area is 275 Å². The number of carboxylic acid groups (broad SMARTS) is 2. The summed E-state index contributed by atoms with van der Waals surface area (Å²) in [6, 6.07) is -9.12. The quantitative estimate of drug-likeness (QED) is 0.125. The number of nitrogens with zero attached hydrogens (tertiary/aromatic N) is 2. The molecule has 19 heteroatoms. The highest BCUT2D eigenvalue weighted by Gasteiger charge is 2.41. The number of carbonyl (C=O) groups excluding carboxylic acids is 6. The predicted octanol–water partition coefficient (Wildman–Crippen LogP) is -3.24. The first kappa shape index (κ1) is 37.4. The van der Waals surface area contributed by atoms with Crippen LogP contribution in [-0.2, 0) is 44.8 Å². The topological polar surface area (TPSA) is 289 Å². The maximum absolute atomic E-state index is 13.7. The van der Waals surface area contributed by atoms with Crippen LogP contribution in [0.4, 0.5) is 0 Å². The second-order valence-electron chi connectivity index (χ2n) is 12.3. The summed E-state index contributed by atoms with van der Waals surface area (Å²) in [6.07, 6.45) is -0.319. The maximum Gasteiger partial charge on any atom is 0.305 e. The summed E-state index contributed by atoms with van der Waals surface area (Å²) in [7, 11) is 0. The summed E-state index contributed by atoms with van der Waals surface area (Å²) < 4.78 is 0. The highest BCUT2D eigenvalue weighted by molar-refractivity contribution is 5.99. The summed E-state index contributed by atoms with van der Waals surface area (Å²) >= 11 is 0. The van der Waals surface area contributed by atoms with Crippen molar-refractivity contribution >= 4 is 47.4 Å². The second-order valence-corrected chi connectivity index (χ2v) is 12.3. The van der Waals surface area contributed by atoms with E-state index >= 15 is 0 Å². The van der Waals surface area contributed by atoms with Crippen molar-refractivity contribution < 1.29 is 53.7 Å². The standard InChI is InChI=1S/C29H42N8O11/c1-13(2)7-16-24(43)33-18(9-21(39)40)26(45)36-23(14(3)38)28(47)35-19(10-22(41)42)29(48)37-6-4-5-20(37)27(46)34-17(25(44)32-16)8-15-11-30-12-31-15/h11-14,16-20,23,38H,4-10H2,1-3H3,(H,30,31)(H,32,44)(H,33,43)(H,34,46)(H,35,47)(H,36,45)(H,39,40)(H,41,42)/t14-,16+,17+,18+,19+,20-,23+/m1/s1. The first-order valence-corrected chi connectivity index (χ1v) is 15.5. The number of aliphatic hydroxyl groups is 1. The van der Waals surface area contributed by atoms with Crippen molar-refractivity contribution in [2.75, 3.05) is 6.54 Å². The van der Waals surface area contributed by atoms with Gasteiger partial charge in [0.25, 0.3) is 0 Å². The zero-order chi connectivity index (χ0) is 35.7. The molecule has 0 spiro atoms. The van der Waals surface area contributed by atoms with Gasteiger partial charge in [0, 0.05) is 24.9 Å². The highest BCUT2D eigenvalue weighted by Crippen LogP contribution is 2.20. The number of aromatic amines is 1. The number of carboxylic acids is 2.